The number of rotatable bonds is 4. The van der Waals surface area contributed by atoms with Gasteiger partial charge in [-0.2, -0.15) is 13.5 Å². The summed E-state index contributed by atoms with van der Waals surface area (Å²) in [4.78, 5) is 10.7. The molecule has 0 aliphatic heterocycles. The molecule has 0 heterocycles. The summed E-state index contributed by atoms with van der Waals surface area (Å²) in [6, 6.07) is 12.2. The third kappa shape index (κ3) is 5.19. The molecule has 11 heteroatoms. The summed E-state index contributed by atoms with van der Waals surface area (Å²) < 4.78 is 32.1. The van der Waals surface area contributed by atoms with E-state index in [1.165, 1.54) is 48.5 Å². The molecule has 0 atom stereocenters. The summed E-state index contributed by atoms with van der Waals surface area (Å²) in [6.45, 7) is 0. The van der Waals surface area contributed by atoms with Crippen LogP contribution in [0.2, 0.25) is 0 Å². The van der Waals surface area contributed by atoms with Gasteiger partial charge in [0.25, 0.3) is 10.1 Å². The van der Waals surface area contributed by atoms with Gasteiger partial charge in [-0.3, -0.25) is 4.55 Å². The predicted molar refractivity (Wildman–Crippen MR) is 88.2 cm³/mol. The molecule has 0 bridgehead atoms. The molecule has 3 rings (SSSR count). The molecule has 0 aliphatic rings. The third-order valence-electron chi connectivity index (χ3n) is 3.62. The first-order chi connectivity index (χ1) is 12.3. The average molecular weight is 416 g/mol. The molecule has 0 saturated carbocycles. The SMILES string of the molecule is O=C([O-])c1ccccc1N=Nc1ccc2c(S(=O)(=O)O)cccc2c1[O-].[Na+].[Na+]. The first-order valence-electron chi connectivity index (χ1n) is 7.21. The van der Waals surface area contributed by atoms with E-state index in [-0.39, 0.29) is 86.8 Å². The monoisotopic (exact) mass is 416 g/mol. The van der Waals surface area contributed by atoms with E-state index in [0.29, 0.717) is 0 Å². The minimum Gasteiger partial charge on any atom is -0.871 e. The molecule has 0 spiro atoms. The number of fused-ring (bicyclic) bond motifs is 1. The van der Waals surface area contributed by atoms with Gasteiger partial charge in [0.2, 0.25) is 0 Å². The van der Waals surface area contributed by atoms with Crippen molar-refractivity contribution in [2.24, 2.45) is 10.2 Å². The number of carbonyl (C=O) groups is 1. The molecule has 3 aromatic rings. The van der Waals surface area contributed by atoms with Crippen molar-refractivity contribution in [2.75, 3.05) is 0 Å². The van der Waals surface area contributed by atoms with Crippen molar-refractivity contribution in [1.82, 2.24) is 0 Å². The standard InChI is InChI=1S/C17H12N2O6S.2Na/c20-16-11-5-3-7-15(26(23,24)25)10(11)8-9-14(16)19-18-13-6-2-1-4-12(13)17(21)22;;/h1-9,20H,(H,21,22)(H,23,24,25);;/q;2*+1/p-2. The van der Waals surface area contributed by atoms with Gasteiger partial charge in [0.05, 0.1) is 17.3 Å². The quantitative estimate of drug-likeness (QED) is 0.261. The number of aromatic carboxylic acids is 1. The Morgan fingerprint density at radius 1 is 0.857 bits per heavy atom. The number of benzene rings is 3. The largest absolute Gasteiger partial charge is 1.00 e. The Morgan fingerprint density at radius 2 is 1.50 bits per heavy atom. The fourth-order valence-electron chi connectivity index (χ4n) is 2.43. The van der Waals surface area contributed by atoms with Gasteiger partial charge in [0, 0.05) is 10.9 Å². The van der Waals surface area contributed by atoms with Crippen LogP contribution in [0.3, 0.4) is 0 Å². The van der Waals surface area contributed by atoms with Crippen LogP contribution in [0, 0.1) is 0 Å². The normalized spacial score (nSPS) is 11.0. The minimum atomic E-state index is -4.49. The van der Waals surface area contributed by atoms with Crippen LogP contribution >= 0.6 is 0 Å². The second-order valence-electron chi connectivity index (χ2n) is 5.24. The molecule has 28 heavy (non-hydrogen) atoms. The van der Waals surface area contributed by atoms with Crippen LogP contribution in [0.5, 0.6) is 5.75 Å². The first-order valence-corrected chi connectivity index (χ1v) is 8.65. The first kappa shape index (κ1) is 24.7. The molecule has 1 N–H and O–H groups in total. The molecule has 0 aromatic heterocycles. The maximum atomic E-state index is 12.5. The summed E-state index contributed by atoms with van der Waals surface area (Å²) in [7, 11) is -4.49. The molecular weight excluding hydrogens is 406 g/mol. The zero-order chi connectivity index (χ0) is 18.9. The Morgan fingerprint density at radius 3 is 2.14 bits per heavy atom. The van der Waals surface area contributed by atoms with Crippen LogP contribution in [0.4, 0.5) is 11.4 Å². The second-order valence-corrected chi connectivity index (χ2v) is 6.63. The van der Waals surface area contributed by atoms with Crippen LogP contribution in [-0.4, -0.2) is 18.9 Å². The van der Waals surface area contributed by atoms with Crippen LogP contribution < -0.4 is 69.3 Å². The van der Waals surface area contributed by atoms with E-state index < -0.39 is 26.7 Å². The molecule has 0 aliphatic carbocycles. The zero-order valence-electron chi connectivity index (χ0n) is 15.0. The van der Waals surface area contributed by atoms with Gasteiger partial charge in [-0.05, 0) is 23.6 Å². The minimum absolute atomic E-state index is 0. The fraction of sp³-hybridized carbons (Fsp3) is 0. The van der Waals surface area contributed by atoms with Crippen LogP contribution in [-0.2, 0) is 10.1 Å². The van der Waals surface area contributed by atoms with Crippen molar-refractivity contribution < 1.29 is 87.1 Å². The van der Waals surface area contributed by atoms with E-state index in [1.807, 2.05) is 0 Å². The Bertz CT molecular complexity index is 1170. The second kappa shape index (κ2) is 9.95. The van der Waals surface area contributed by atoms with Crippen LogP contribution in [0.1, 0.15) is 10.4 Å². The van der Waals surface area contributed by atoms with Gasteiger partial charge in [-0.25, -0.2) is 0 Å². The number of nitrogens with zero attached hydrogens (tertiary/aromatic N) is 2. The summed E-state index contributed by atoms with van der Waals surface area (Å²) >= 11 is 0. The predicted octanol–water partition coefficient (Wildman–Crippen LogP) is -4.05. The third-order valence-corrected chi connectivity index (χ3v) is 4.53. The number of carboxylic acids is 1. The molecule has 0 radical (unpaired) electrons. The van der Waals surface area contributed by atoms with Gasteiger partial charge in [-0.1, -0.05) is 42.1 Å². The van der Waals surface area contributed by atoms with E-state index >= 15 is 0 Å². The summed E-state index contributed by atoms with van der Waals surface area (Å²) in [5, 5.41) is 31.2. The van der Waals surface area contributed by atoms with Crippen LogP contribution in [0.15, 0.2) is 69.7 Å². The van der Waals surface area contributed by atoms with Gasteiger partial charge in [-0.15, -0.1) is 5.11 Å². The van der Waals surface area contributed by atoms with Crippen molar-refractivity contribution >= 4 is 38.2 Å². The number of azo groups is 1. The fourth-order valence-corrected chi connectivity index (χ4v) is 3.14. The molecule has 3 aromatic carbocycles. The number of carbonyl (C=O) groups excluding carboxylic acids is 1. The number of hydrogen-bond donors (Lipinski definition) is 1. The van der Waals surface area contributed by atoms with Crippen LogP contribution in [0.25, 0.3) is 10.8 Å². The van der Waals surface area contributed by atoms with Crippen molar-refractivity contribution in [3.05, 3.63) is 60.2 Å². The molecule has 8 nitrogen and oxygen atoms in total. The summed E-state index contributed by atoms with van der Waals surface area (Å²) in [6.07, 6.45) is 0. The number of carboxylic acid groups (broad SMARTS) is 1. The molecule has 0 amide bonds. The van der Waals surface area contributed by atoms with E-state index in [1.54, 1.807) is 6.07 Å². The molecule has 0 fully saturated rings. The molecular formula is C17H10N2Na2O6S. The van der Waals surface area contributed by atoms with Gasteiger partial charge < -0.3 is 15.0 Å². The zero-order valence-corrected chi connectivity index (χ0v) is 19.8. The number of hydrogen-bond acceptors (Lipinski definition) is 7. The topological polar surface area (TPSA) is 142 Å². The van der Waals surface area contributed by atoms with E-state index in [9.17, 15) is 28.0 Å². The van der Waals surface area contributed by atoms with Gasteiger partial charge in [0.1, 0.15) is 4.90 Å². The van der Waals surface area contributed by atoms with Crippen molar-refractivity contribution in [2.45, 2.75) is 4.90 Å². The smallest absolute Gasteiger partial charge is 0.871 e. The van der Waals surface area contributed by atoms with Crippen molar-refractivity contribution in [1.29, 1.82) is 0 Å². The average Bonchev–Trinajstić information content (AvgIpc) is 2.60. The maximum absolute atomic E-state index is 12.5. The molecule has 0 unspecified atom stereocenters. The van der Waals surface area contributed by atoms with E-state index in [2.05, 4.69) is 10.2 Å². The molecule has 132 valence electrons. The Balaban J connectivity index is 0.00000196. The van der Waals surface area contributed by atoms with Gasteiger partial charge in [0.15, 0.2) is 0 Å². The Hall–Kier alpha value is -1.30. The summed E-state index contributed by atoms with van der Waals surface area (Å²) in [5.41, 5.74) is -0.282. The Labute approximate surface area is 204 Å². The summed E-state index contributed by atoms with van der Waals surface area (Å²) in [5.74, 6) is -2.04. The Kier molecular flexibility index (Phi) is 8.79. The van der Waals surface area contributed by atoms with Crippen molar-refractivity contribution in [3.8, 4) is 5.75 Å². The van der Waals surface area contributed by atoms with Crippen molar-refractivity contribution in [3.63, 3.8) is 0 Å². The van der Waals surface area contributed by atoms with E-state index in [0.717, 1.165) is 0 Å². The molecule has 0 saturated heterocycles. The van der Waals surface area contributed by atoms with Gasteiger partial charge >= 0.3 is 59.1 Å². The maximum Gasteiger partial charge on any atom is 1.00 e. The van der Waals surface area contributed by atoms with E-state index in [4.69, 9.17) is 0 Å².